The van der Waals surface area contributed by atoms with Gasteiger partial charge in [0, 0.05) is 6.08 Å². The van der Waals surface area contributed by atoms with Gasteiger partial charge in [0.25, 0.3) is 10.0 Å². The van der Waals surface area contributed by atoms with E-state index in [4.69, 9.17) is 5.73 Å². The van der Waals surface area contributed by atoms with E-state index in [1.165, 1.54) is 36.4 Å². The maximum Gasteiger partial charge on any atom is 0.286 e. The number of primary amides is 1. The molecule has 0 aromatic heterocycles. The van der Waals surface area contributed by atoms with Crippen LogP contribution in [0.4, 0.5) is 5.69 Å². The molecule has 3 N–H and O–H groups in total. The summed E-state index contributed by atoms with van der Waals surface area (Å²) in [6.07, 6.45) is 2.52. The zero-order valence-electron chi connectivity index (χ0n) is 11.5. The van der Waals surface area contributed by atoms with E-state index in [0.717, 1.165) is 6.08 Å². The number of nitrogens with zero attached hydrogens (tertiary/aromatic N) is 1. The summed E-state index contributed by atoms with van der Waals surface area (Å²) in [5, 5.41) is 9.96. The van der Waals surface area contributed by atoms with Crippen molar-refractivity contribution in [2.24, 2.45) is 5.73 Å². The first kappa shape index (κ1) is 15.7. The highest BCUT2D eigenvalue weighted by molar-refractivity contribution is 7.92. The van der Waals surface area contributed by atoms with Gasteiger partial charge in [-0.05, 0) is 35.9 Å². The fraction of sp³-hybridized carbons (Fsp3) is 0. The number of amides is 1. The molecule has 0 bridgehead atoms. The number of rotatable bonds is 5. The van der Waals surface area contributed by atoms with Crippen molar-refractivity contribution in [2.45, 2.75) is 4.90 Å². The van der Waals surface area contributed by atoms with E-state index in [1.807, 2.05) is 0 Å². The molecule has 0 radical (unpaired) electrons. The molecule has 2 rings (SSSR count). The first-order chi connectivity index (χ1) is 10.4. The summed E-state index contributed by atoms with van der Waals surface area (Å²) in [5.74, 6) is -0.638. The number of hydrogen-bond donors (Lipinski definition) is 2. The van der Waals surface area contributed by atoms with Crippen LogP contribution in [0.2, 0.25) is 0 Å². The molecule has 7 heteroatoms. The van der Waals surface area contributed by atoms with Crippen LogP contribution in [-0.2, 0) is 14.8 Å². The third-order valence-electron chi connectivity index (χ3n) is 2.80. The molecule has 22 heavy (non-hydrogen) atoms. The number of anilines is 1. The van der Waals surface area contributed by atoms with Gasteiger partial charge in [0.15, 0.2) is 0 Å². The molecule has 2 aromatic carbocycles. The van der Waals surface area contributed by atoms with Crippen molar-refractivity contribution < 1.29 is 18.4 Å². The quantitative estimate of drug-likeness (QED) is 0.648. The number of benzene rings is 2. The largest absolute Gasteiger partial charge is 0.366 e. The predicted molar refractivity (Wildman–Crippen MR) is 82.6 cm³/mol. The lowest BCUT2D eigenvalue weighted by Gasteiger charge is -2.17. The minimum Gasteiger partial charge on any atom is -0.366 e. The molecule has 0 aliphatic carbocycles. The maximum absolute atomic E-state index is 12.4. The van der Waals surface area contributed by atoms with Crippen LogP contribution in [0.5, 0.6) is 0 Å². The number of nitrogens with two attached hydrogens (primary N) is 1. The Labute approximate surface area is 128 Å². The topological polar surface area (TPSA) is 101 Å². The van der Waals surface area contributed by atoms with Gasteiger partial charge in [-0.1, -0.05) is 30.3 Å². The standard InChI is InChI=1S/C15H14N2O4S/c16-15(18)10-9-12-5-4-8-14(11-12)22(20,21)17(19)13-6-2-1-3-7-13/h1-11,19H,(H2,16,18)/b10-9+. The van der Waals surface area contributed by atoms with Crippen LogP contribution in [0.3, 0.4) is 0 Å². The Kier molecular flexibility index (Phi) is 4.59. The summed E-state index contributed by atoms with van der Waals surface area (Å²) >= 11 is 0. The molecule has 0 aliphatic heterocycles. The van der Waals surface area contributed by atoms with Crippen LogP contribution >= 0.6 is 0 Å². The maximum atomic E-state index is 12.4. The van der Waals surface area contributed by atoms with E-state index in [2.05, 4.69) is 0 Å². The minimum atomic E-state index is -4.11. The van der Waals surface area contributed by atoms with Crippen molar-refractivity contribution in [3.63, 3.8) is 0 Å². The summed E-state index contributed by atoms with van der Waals surface area (Å²) in [7, 11) is -4.11. The number of hydrogen-bond acceptors (Lipinski definition) is 4. The van der Waals surface area contributed by atoms with Crippen molar-refractivity contribution in [3.05, 3.63) is 66.2 Å². The first-order valence-electron chi connectivity index (χ1n) is 6.28. The van der Waals surface area contributed by atoms with E-state index in [0.29, 0.717) is 5.56 Å². The Bertz CT molecular complexity index is 801. The molecule has 0 spiro atoms. The fourth-order valence-corrected chi connectivity index (χ4v) is 2.89. The Balaban J connectivity index is 2.38. The Morgan fingerprint density at radius 1 is 1.09 bits per heavy atom. The highest BCUT2D eigenvalue weighted by atomic mass is 32.2. The Morgan fingerprint density at radius 2 is 1.77 bits per heavy atom. The van der Waals surface area contributed by atoms with Crippen molar-refractivity contribution in [3.8, 4) is 0 Å². The molecule has 0 fully saturated rings. The van der Waals surface area contributed by atoms with Crippen LogP contribution < -0.4 is 10.2 Å². The zero-order chi connectivity index (χ0) is 16.2. The monoisotopic (exact) mass is 318 g/mol. The highest BCUT2D eigenvalue weighted by Gasteiger charge is 2.23. The number of sulfonamides is 1. The number of carbonyl (C=O) groups is 1. The lowest BCUT2D eigenvalue weighted by Crippen LogP contribution is -2.27. The van der Waals surface area contributed by atoms with E-state index in [1.54, 1.807) is 24.3 Å². The fourth-order valence-electron chi connectivity index (χ4n) is 1.75. The summed E-state index contributed by atoms with van der Waals surface area (Å²) in [5.41, 5.74) is 5.60. The van der Waals surface area contributed by atoms with Gasteiger partial charge >= 0.3 is 0 Å². The summed E-state index contributed by atoms with van der Waals surface area (Å²) in [6, 6.07) is 13.7. The van der Waals surface area contributed by atoms with Crippen LogP contribution in [0.25, 0.3) is 6.08 Å². The summed E-state index contributed by atoms with van der Waals surface area (Å²) in [4.78, 5) is 10.6. The second kappa shape index (κ2) is 6.42. The first-order valence-corrected chi connectivity index (χ1v) is 7.72. The Morgan fingerprint density at radius 3 is 2.41 bits per heavy atom. The lowest BCUT2D eigenvalue weighted by atomic mass is 10.2. The molecule has 0 saturated carbocycles. The molecule has 0 atom stereocenters. The highest BCUT2D eigenvalue weighted by Crippen LogP contribution is 2.22. The molecule has 1 amide bonds. The van der Waals surface area contributed by atoms with Gasteiger partial charge in [-0.3, -0.25) is 10.0 Å². The molecular weight excluding hydrogens is 304 g/mol. The molecule has 114 valence electrons. The SMILES string of the molecule is NC(=O)/C=C/c1cccc(S(=O)(=O)N(O)c2ccccc2)c1. The van der Waals surface area contributed by atoms with E-state index < -0.39 is 15.9 Å². The number of para-hydroxylation sites is 1. The molecule has 0 heterocycles. The predicted octanol–water partition coefficient (Wildman–Crippen LogP) is 1.77. The lowest BCUT2D eigenvalue weighted by molar-refractivity contribution is -0.113. The molecule has 6 nitrogen and oxygen atoms in total. The van der Waals surface area contributed by atoms with Gasteiger partial charge in [-0.2, -0.15) is 8.42 Å². The second-order valence-electron chi connectivity index (χ2n) is 4.39. The van der Waals surface area contributed by atoms with Crippen molar-refractivity contribution >= 4 is 27.7 Å². The van der Waals surface area contributed by atoms with Crippen LogP contribution in [0.1, 0.15) is 5.56 Å². The second-order valence-corrected chi connectivity index (χ2v) is 6.16. The van der Waals surface area contributed by atoms with E-state index >= 15 is 0 Å². The third-order valence-corrected chi connectivity index (χ3v) is 4.32. The molecule has 0 unspecified atom stereocenters. The van der Waals surface area contributed by atoms with Gasteiger partial charge in [0.1, 0.15) is 0 Å². The normalized spacial score (nSPS) is 11.5. The van der Waals surface area contributed by atoms with Crippen molar-refractivity contribution in [2.75, 3.05) is 4.47 Å². The third kappa shape index (κ3) is 3.51. The van der Waals surface area contributed by atoms with Gasteiger partial charge < -0.3 is 5.73 Å². The average molecular weight is 318 g/mol. The van der Waals surface area contributed by atoms with Crippen LogP contribution in [0, 0.1) is 0 Å². The average Bonchev–Trinajstić information content (AvgIpc) is 2.53. The molecular formula is C15H14N2O4S. The van der Waals surface area contributed by atoms with E-state index in [-0.39, 0.29) is 15.1 Å². The van der Waals surface area contributed by atoms with Crippen molar-refractivity contribution in [1.29, 1.82) is 0 Å². The molecule has 0 saturated heterocycles. The van der Waals surface area contributed by atoms with Gasteiger partial charge in [0.05, 0.1) is 10.6 Å². The Hall–Kier alpha value is -2.64. The van der Waals surface area contributed by atoms with Gasteiger partial charge in [-0.15, -0.1) is 4.47 Å². The van der Waals surface area contributed by atoms with Gasteiger partial charge in [0.2, 0.25) is 5.91 Å². The minimum absolute atomic E-state index is 0.106. The molecule has 0 aliphatic rings. The summed E-state index contributed by atoms with van der Waals surface area (Å²) in [6.45, 7) is 0. The van der Waals surface area contributed by atoms with Crippen LogP contribution in [0.15, 0.2) is 65.6 Å². The summed E-state index contributed by atoms with van der Waals surface area (Å²) < 4.78 is 25.0. The molecule has 2 aromatic rings. The van der Waals surface area contributed by atoms with Crippen LogP contribution in [-0.4, -0.2) is 19.5 Å². The van der Waals surface area contributed by atoms with Crippen molar-refractivity contribution in [1.82, 2.24) is 0 Å². The zero-order valence-corrected chi connectivity index (χ0v) is 12.3. The smallest absolute Gasteiger partial charge is 0.286 e. The number of carbonyl (C=O) groups excluding carboxylic acids is 1. The van der Waals surface area contributed by atoms with Gasteiger partial charge in [-0.25, -0.2) is 0 Å². The van der Waals surface area contributed by atoms with E-state index in [9.17, 15) is 18.4 Å².